The number of hydrogen-bond donors (Lipinski definition) is 1. The summed E-state index contributed by atoms with van der Waals surface area (Å²) in [4.78, 5) is 15.2. The zero-order valence-electron chi connectivity index (χ0n) is 10.8. The molecule has 0 radical (unpaired) electrons. The first kappa shape index (κ1) is 14.0. The average Bonchev–Trinajstić information content (AvgIpc) is 3.11. The van der Waals surface area contributed by atoms with Gasteiger partial charge in [-0.15, -0.1) is 0 Å². The molecule has 0 atom stereocenters. The quantitative estimate of drug-likeness (QED) is 0.795. The fourth-order valence-corrected chi connectivity index (χ4v) is 1.79. The molecule has 114 valence electrons. The summed E-state index contributed by atoms with van der Waals surface area (Å²) in [6, 6.07) is 4.28. The van der Waals surface area contributed by atoms with Crippen LogP contribution in [0.15, 0.2) is 39.9 Å². The maximum absolute atomic E-state index is 12.4. The summed E-state index contributed by atoms with van der Waals surface area (Å²) in [5.74, 6) is -1.75. The minimum absolute atomic E-state index is 0.144. The van der Waals surface area contributed by atoms with Gasteiger partial charge in [0.15, 0.2) is 0 Å². The highest BCUT2D eigenvalue weighted by Crippen LogP contribution is 2.28. The van der Waals surface area contributed by atoms with Crippen LogP contribution in [-0.4, -0.2) is 24.9 Å². The second-order valence-electron chi connectivity index (χ2n) is 4.38. The summed E-state index contributed by atoms with van der Waals surface area (Å²) in [5, 5.41) is 9.69. The Hall–Kier alpha value is -2.91. The number of nitrogens with zero attached hydrogens (tertiary/aromatic N) is 4. The number of alkyl halides is 3. The Balaban J connectivity index is 1.89. The van der Waals surface area contributed by atoms with E-state index in [0.717, 1.165) is 6.07 Å². The number of hydrogen-bond acceptors (Lipinski definition) is 5. The monoisotopic (exact) mass is 311 g/mol. The SMILES string of the molecule is O=c1cc(-c2noc(C(F)(F)F)n2)ccn1Cc1ccn[nH]1. The third-order valence-corrected chi connectivity index (χ3v) is 2.82. The summed E-state index contributed by atoms with van der Waals surface area (Å²) in [5.41, 5.74) is 0.448. The van der Waals surface area contributed by atoms with E-state index in [2.05, 4.69) is 24.9 Å². The summed E-state index contributed by atoms with van der Waals surface area (Å²) in [6.45, 7) is 0.263. The van der Waals surface area contributed by atoms with E-state index >= 15 is 0 Å². The minimum Gasteiger partial charge on any atom is -0.329 e. The Kier molecular flexibility index (Phi) is 3.28. The Labute approximate surface area is 120 Å². The van der Waals surface area contributed by atoms with Crippen LogP contribution in [0, 0.1) is 0 Å². The van der Waals surface area contributed by atoms with Gasteiger partial charge in [-0.3, -0.25) is 9.89 Å². The number of nitrogens with one attached hydrogen (secondary N) is 1. The highest BCUT2D eigenvalue weighted by molar-refractivity contribution is 5.52. The van der Waals surface area contributed by atoms with Crippen molar-refractivity contribution in [1.29, 1.82) is 0 Å². The van der Waals surface area contributed by atoms with Crippen molar-refractivity contribution in [3.8, 4) is 11.4 Å². The van der Waals surface area contributed by atoms with Crippen LogP contribution < -0.4 is 5.56 Å². The highest BCUT2D eigenvalue weighted by Gasteiger charge is 2.38. The van der Waals surface area contributed by atoms with Crippen LogP contribution in [0.1, 0.15) is 11.6 Å². The van der Waals surface area contributed by atoms with Gasteiger partial charge in [0.2, 0.25) is 5.82 Å². The van der Waals surface area contributed by atoms with E-state index in [1.165, 1.54) is 16.8 Å². The first-order valence-electron chi connectivity index (χ1n) is 6.03. The van der Waals surface area contributed by atoms with Crippen LogP contribution in [0.25, 0.3) is 11.4 Å². The molecule has 0 aromatic carbocycles. The second-order valence-corrected chi connectivity index (χ2v) is 4.38. The van der Waals surface area contributed by atoms with Crippen LogP contribution >= 0.6 is 0 Å². The van der Waals surface area contributed by atoms with E-state index in [1.54, 1.807) is 12.3 Å². The van der Waals surface area contributed by atoms with Gasteiger partial charge in [-0.05, 0) is 12.1 Å². The Morgan fingerprint density at radius 3 is 2.73 bits per heavy atom. The van der Waals surface area contributed by atoms with Crippen molar-refractivity contribution in [3.63, 3.8) is 0 Å². The highest BCUT2D eigenvalue weighted by atomic mass is 19.4. The molecule has 1 N–H and O–H groups in total. The van der Waals surface area contributed by atoms with Crippen LogP contribution in [-0.2, 0) is 12.7 Å². The minimum atomic E-state index is -4.72. The van der Waals surface area contributed by atoms with E-state index in [-0.39, 0.29) is 17.9 Å². The molecular formula is C12H8F3N5O2. The van der Waals surface area contributed by atoms with Gasteiger partial charge in [0.25, 0.3) is 5.56 Å². The van der Waals surface area contributed by atoms with Gasteiger partial charge < -0.3 is 9.09 Å². The zero-order chi connectivity index (χ0) is 15.7. The summed E-state index contributed by atoms with van der Waals surface area (Å²) < 4.78 is 42.7. The Morgan fingerprint density at radius 1 is 1.32 bits per heavy atom. The van der Waals surface area contributed by atoms with E-state index in [0.29, 0.717) is 5.69 Å². The lowest BCUT2D eigenvalue weighted by Crippen LogP contribution is -2.19. The average molecular weight is 311 g/mol. The third kappa shape index (κ3) is 2.75. The second kappa shape index (κ2) is 5.13. The number of halogens is 3. The molecular weight excluding hydrogens is 303 g/mol. The zero-order valence-corrected chi connectivity index (χ0v) is 10.8. The molecule has 7 nitrogen and oxygen atoms in total. The van der Waals surface area contributed by atoms with Crippen molar-refractivity contribution in [2.45, 2.75) is 12.7 Å². The topological polar surface area (TPSA) is 89.6 Å². The van der Waals surface area contributed by atoms with Crippen molar-refractivity contribution >= 4 is 0 Å². The molecule has 0 aliphatic rings. The van der Waals surface area contributed by atoms with Gasteiger partial charge in [0, 0.05) is 24.0 Å². The number of aromatic nitrogens is 5. The number of aromatic amines is 1. The van der Waals surface area contributed by atoms with Crippen LogP contribution in [0.3, 0.4) is 0 Å². The van der Waals surface area contributed by atoms with Crippen LogP contribution in [0.4, 0.5) is 13.2 Å². The number of pyridine rings is 1. The van der Waals surface area contributed by atoms with E-state index < -0.39 is 17.6 Å². The standard InChI is InChI=1S/C12H8F3N5O2/c13-12(14,15)11-17-10(19-22-11)7-2-4-20(9(21)5-7)6-8-1-3-16-18-8/h1-5H,6H2,(H,16,18). The molecule has 0 bridgehead atoms. The predicted molar refractivity (Wildman–Crippen MR) is 66.7 cm³/mol. The van der Waals surface area contributed by atoms with E-state index in [4.69, 9.17) is 0 Å². The summed E-state index contributed by atoms with van der Waals surface area (Å²) >= 11 is 0. The van der Waals surface area contributed by atoms with Crippen molar-refractivity contribution < 1.29 is 17.7 Å². The molecule has 0 aliphatic heterocycles. The molecule has 3 aromatic heterocycles. The number of rotatable bonds is 3. The molecule has 0 amide bonds. The molecule has 0 fully saturated rings. The van der Waals surface area contributed by atoms with Crippen molar-refractivity contribution in [1.82, 2.24) is 24.9 Å². The molecule has 0 saturated carbocycles. The maximum atomic E-state index is 12.4. The van der Waals surface area contributed by atoms with Gasteiger partial charge in [-0.1, -0.05) is 5.16 Å². The van der Waals surface area contributed by atoms with Gasteiger partial charge in [0.1, 0.15) is 0 Å². The molecule has 22 heavy (non-hydrogen) atoms. The van der Waals surface area contributed by atoms with Crippen LogP contribution in [0.5, 0.6) is 0 Å². The largest absolute Gasteiger partial charge is 0.471 e. The molecule has 3 aromatic rings. The summed E-state index contributed by atoms with van der Waals surface area (Å²) in [6.07, 6.45) is -1.74. The van der Waals surface area contributed by atoms with Crippen molar-refractivity contribution in [3.05, 3.63) is 52.5 Å². The molecule has 10 heteroatoms. The first-order valence-corrected chi connectivity index (χ1v) is 6.03. The fourth-order valence-electron chi connectivity index (χ4n) is 1.79. The third-order valence-electron chi connectivity index (χ3n) is 2.82. The lowest BCUT2D eigenvalue weighted by molar-refractivity contribution is -0.159. The van der Waals surface area contributed by atoms with Crippen molar-refractivity contribution in [2.75, 3.05) is 0 Å². The van der Waals surface area contributed by atoms with E-state index in [9.17, 15) is 18.0 Å². The molecule has 0 unspecified atom stereocenters. The lowest BCUT2D eigenvalue weighted by atomic mass is 10.2. The molecule has 3 heterocycles. The van der Waals surface area contributed by atoms with E-state index in [1.807, 2.05) is 0 Å². The molecule has 0 spiro atoms. The summed E-state index contributed by atoms with van der Waals surface area (Å²) in [7, 11) is 0. The number of H-pyrrole nitrogens is 1. The predicted octanol–water partition coefficient (Wildman–Crippen LogP) is 1.69. The Morgan fingerprint density at radius 2 is 2.14 bits per heavy atom. The fraction of sp³-hybridized carbons (Fsp3) is 0.167. The normalized spacial score (nSPS) is 11.8. The molecule has 0 saturated heterocycles. The Bertz CT molecular complexity index is 835. The lowest BCUT2D eigenvalue weighted by Gasteiger charge is -2.03. The first-order chi connectivity index (χ1) is 10.4. The smallest absolute Gasteiger partial charge is 0.329 e. The van der Waals surface area contributed by atoms with Gasteiger partial charge in [0.05, 0.1) is 12.2 Å². The maximum Gasteiger partial charge on any atom is 0.471 e. The van der Waals surface area contributed by atoms with Gasteiger partial charge in [-0.25, -0.2) is 0 Å². The van der Waals surface area contributed by atoms with Gasteiger partial charge in [-0.2, -0.15) is 23.3 Å². The molecule has 0 aliphatic carbocycles. The van der Waals surface area contributed by atoms with Crippen molar-refractivity contribution in [2.24, 2.45) is 0 Å². The van der Waals surface area contributed by atoms with Gasteiger partial charge >= 0.3 is 12.1 Å². The van der Waals surface area contributed by atoms with Crippen LogP contribution in [0.2, 0.25) is 0 Å². The molecule has 3 rings (SSSR count).